The second-order valence-electron chi connectivity index (χ2n) is 5.63. The lowest BCUT2D eigenvalue weighted by molar-refractivity contribution is 1.06. The molecule has 0 amide bonds. The first-order valence-electron chi connectivity index (χ1n) is 7.82. The highest BCUT2D eigenvalue weighted by atomic mass is 15.2. The number of anilines is 3. The summed E-state index contributed by atoms with van der Waals surface area (Å²) in [6, 6.07) is 31.7. The Balaban J connectivity index is 1.98. The fourth-order valence-electron chi connectivity index (χ4n) is 3.06. The minimum atomic E-state index is 1.15. The summed E-state index contributed by atoms with van der Waals surface area (Å²) in [6.45, 7) is 2.14. The molecule has 0 saturated carbocycles. The molecule has 2 heterocycles. The third kappa shape index (κ3) is 2.38. The normalized spacial score (nSPS) is 10.8. The van der Waals surface area contributed by atoms with Gasteiger partial charge in [0, 0.05) is 22.6 Å². The third-order valence-corrected chi connectivity index (χ3v) is 4.11. The summed E-state index contributed by atoms with van der Waals surface area (Å²) in [5.41, 5.74) is 4.74. The molecule has 2 aromatic heterocycles. The molecule has 0 radical (unpaired) electrons. The van der Waals surface area contributed by atoms with Gasteiger partial charge in [-0.05, 0) is 55.5 Å². The molecule has 0 atom stereocenters. The second kappa shape index (κ2) is 5.65. The molecule has 2 heteroatoms. The fourth-order valence-corrected chi connectivity index (χ4v) is 3.06. The van der Waals surface area contributed by atoms with Gasteiger partial charge in [0.1, 0.15) is 5.82 Å². The molecular formula is C21H18N2. The van der Waals surface area contributed by atoms with Gasteiger partial charge in [0.05, 0.1) is 0 Å². The van der Waals surface area contributed by atoms with Crippen LogP contribution in [0.3, 0.4) is 0 Å². The van der Waals surface area contributed by atoms with E-state index in [-0.39, 0.29) is 0 Å². The predicted molar refractivity (Wildman–Crippen MR) is 96.8 cm³/mol. The van der Waals surface area contributed by atoms with Gasteiger partial charge < -0.3 is 4.40 Å². The number of aromatic nitrogens is 1. The van der Waals surface area contributed by atoms with Gasteiger partial charge in [-0.1, -0.05) is 42.5 Å². The molecule has 0 saturated heterocycles. The Morgan fingerprint density at radius 1 is 0.609 bits per heavy atom. The molecule has 0 unspecified atom stereocenters. The van der Waals surface area contributed by atoms with Crippen LogP contribution >= 0.6 is 0 Å². The van der Waals surface area contributed by atoms with Crippen molar-refractivity contribution in [1.29, 1.82) is 0 Å². The van der Waals surface area contributed by atoms with Crippen LogP contribution in [0.1, 0.15) is 5.69 Å². The number of para-hydroxylation sites is 2. The summed E-state index contributed by atoms with van der Waals surface area (Å²) in [4.78, 5) is 2.29. The SMILES string of the molecule is Cc1cccc2ccc(N(c3ccccc3)c3ccccc3)n12. The van der Waals surface area contributed by atoms with Gasteiger partial charge in [-0.3, -0.25) is 4.90 Å². The molecule has 23 heavy (non-hydrogen) atoms. The summed E-state index contributed by atoms with van der Waals surface area (Å²) >= 11 is 0. The Kier molecular flexibility index (Phi) is 3.35. The number of hydrogen-bond donors (Lipinski definition) is 0. The number of rotatable bonds is 3. The maximum Gasteiger partial charge on any atom is 0.122 e. The van der Waals surface area contributed by atoms with E-state index in [2.05, 4.69) is 95.1 Å². The summed E-state index contributed by atoms with van der Waals surface area (Å²) in [6.07, 6.45) is 0. The van der Waals surface area contributed by atoms with Crippen molar-refractivity contribution in [2.75, 3.05) is 4.90 Å². The highest BCUT2D eigenvalue weighted by molar-refractivity contribution is 5.77. The average molecular weight is 298 g/mol. The lowest BCUT2D eigenvalue weighted by Crippen LogP contribution is -2.12. The molecule has 0 aliphatic carbocycles. The molecule has 0 spiro atoms. The highest BCUT2D eigenvalue weighted by Gasteiger charge is 2.15. The fraction of sp³-hybridized carbons (Fsp3) is 0.0476. The number of nitrogens with zero attached hydrogens (tertiary/aromatic N) is 2. The Hall–Kier alpha value is -3.00. The van der Waals surface area contributed by atoms with Crippen molar-refractivity contribution in [3.63, 3.8) is 0 Å². The minimum Gasteiger partial charge on any atom is -0.300 e. The molecule has 0 fully saturated rings. The van der Waals surface area contributed by atoms with Crippen LogP contribution in [-0.4, -0.2) is 4.40 Å². The van der Waals surface area contributed by atoms with Crippen LogP contribution in [0, 0.1) is 6.92 Å². The topological polar surface area (TPSA) is 7.65 Å². The standard InChI is InChI=1S/C21H18N2/c1-17-9-8-14-20-15-16-21(22(17)20)23(18-10-4-2-5-11-18)19-12-6-3-7-13-19/h2-16H,1H3. The van der Waals surface area contributed by atoms with Gasteiger partial charge in [0.15, 0.2) is 0 Å². The van der Waals surface area contributed by atoms with Crippen molar-refractivity contribution in [1.82, 2.24) is 4.40 Å². The van der Waals surface area contributed by atoms with Crippen molar-refractivity contribution in [2.45, 2.75) is 6.92 Å². The number of hydrogen-bond acceptors (Lipinski definition) is 1. The molecule has 2 nitrogen and oxygen atoms in total. The summed E-state index contributed by atoms with van der Waals surface area (Å²) in [5, 5.41) is 0. The summed E-state index contributed by atoms with van der Waals surface area (Å²) in [5.74, 6) is 1.15. The third-order valence-electron chi connectivity index (χ3n) is 4.11. The quantitative estimate of drug-likeness (QED) is 0.469. The number of fused-ring (bicyclic) bond motifs is 1. The van der Waals surface area contributed by atoms with Crippen LogP contribution in [0.25, 0.3) is 5.52 Å². The lowest BCUT2D eigenvalue weighted by Gasteiger charge is -2.25. The zero-order valence-corrected chi connectivity index (χ0v) is 13.1. The first-order valence-corrected chi connectivity index (χ1v) is 7.82. The average Bonchev–Trinajstić information content (AvgIpc) is 3.02. The van der Waals surface area contributed by atoms with Crippen molar-refractivity contribution in [2.24, 2.45) is 0 Å². The Morgan fingerprint density at radius 2 is 1.22 bits per heavy atom. The maximum atomic E-state index is 2.29. The maximum absolute atomic E-state index is 2.29. The van der Waals surface area contributed by atoms with Crippen LogP contribution in [-0.2, 0) is 0 Å². The van der Waals surface area contributed by atoms with E-state index in [1.165, 1.54) is 11.2 Å². The van der Waals surface area contributed by atoms with Crippen molar-refractivity contribution >= 4 is 22.7 Å². The lowest BCUT2D eigenvalue weighted by atomic mass is 10.2. The Labute approximate surface area is 136 Å². The molecule has 0 aliphatic rings. The minimum absolute atomic E-state index is 1.15. The smallest absolute Gasteiger partial charge is 0.122 e. The van der Waals surface area contributed by atoms with Crippen molar-refractivity contribution < 1.29 is 0 Å². The van der Waals surface area contributed by atoms with E-state index >= 15 is 0 Å². The summed E-state index contributed by atoms with van der Waals surface area (Å²) < 4.78 is 2.29. The second-order valence-corrected chi connectivity index (χ2v) is 5.63. The van der Waals surface area contributed by atoms with E-state index in [0.717, 1.165) is 17.2 Å². The zero-order valence-electron chi connectivity index (χ0n) is 13.1. The Bertz CT molecular complexity index is 884. The van der Waals surface area contributed by atoms with Crippen LogP contribution < -0.4 is 4.90 Å². The van der Waals surface area contributed by atoms with Gasteiger partial charge >= 0.3 is 0 Å². The van der Waals surface area contributed by atoms with E-state index in [9.17, 15) is 0 Å². The highest BCUT2D eigenvalue weighted by Crippen LogP contribution is 2.35. The summed E-state index contributed by atoms with van der Waals surface area (Å²) in [7, 11) is 0. The van der Waals surface area contributed by atoms with Gasteiger partial charge in [-0.2, -0.15) is 0 Å². The zero-order chi connectivity index (χ0) is 15.6. The first-order chi connectivity index (χ1) is 11.3. The largest absolute Gasteiger partial charge is 0.300 e. The van der Waals surface area contributed by atoms with E-state index in [0.29, 0.717) is 0 Å². The molecule has 0 bridgehead atoms. The van der Waals surface area contributed by atoms with Crippen LogP contribution in [0.4, 0.5) is 17.2 Å². The molecule has 4 rings (SSSR count). The molecule has 4 aromatic rings. The molecule has 0 aliphatic heterocycles. The van der Waals surface area contributed by atoms with E-state index in [4.69, 9.17) is 0 Å². The van der Waals surface area contributed by atoms with E-state index < -0.39 is 0 Å². The Morgan fingerprint density at radius 3 is 1.83 bits per heavy atom. The van der Waals surface area contributed by atoms with E-state index in [1.807, 2.05) is 12.1 Å². The van der Waals surface area contributed by atoms with Crippen LogP contribution in [0.15, 0.2) is 91.0 Å². The van der Waals surface area contributed by atoms with Crippen LogP contribution in [0.2, 0.25) is 0 Å². The van der Waals surface area contributed by atoms with Gasteiger partial charge in [-0.25, -0.2) is 0 Å². The van der Waals surface area contributed by atoms with Crippen molar-refractivity contribution in [3.8, 4) is 0 Å². The first kappa shape index (κ1) is 13.6. The molecule has 0 N–H and O–H groups in total. The van der Waals surface area contributed by atoms with Crippen molar-refractivity contribution in [3.05, 3.63) is 96.7 Å². The molecule has 2 aromatic carbocycles. The number of benzene rings is 2. The van der Waals surface area contributed by atoms with Crippen LogP contribution in [0.5, 0.6) is 0 Å². The van der Waals surface area contributed by atoms with Gasteiger partial charge in [-0.15, -0.1) is 0 Å². The number of aryl methyl sites for hydroxylation is 1. The molecular weight excluding hydrogens is 280 g/mol. The monoisotopic (exact) mass is 298 g/mol. The molecule has 112 valence electrons. The van der Waals surface area contributed by atoms with E-state index in [1.54, 1.807) is 0 Å². The predicted octanol–water partition coefficient (Wildman–Crippen LogP) is 5.72. The van der Waals surface area contributed by atoms with Gasteiger partial charge in [0.2, 0.25) is 0 Å². The number of pyridine rings is 1. The van der Waals surface area contributed by atoms with Gasteiger partial charge in [0.25, 0.3) is 0 Å².